The molecule has 1 saturated carbocycles. The van der Waals surface area contributed by atoms with Crippen molar-refractivity contribution in [3.05, 3.63) is 22.1 Å². The minimum Gasteiger partial charge on any atom is -0.292 e. The summed E-state index contributed by atoms with van der Waals surface area (Å²) in [5.41, 5.74) is 1.23. The molecule has 1 aliphatic carbocycles. The number of nitrogens with one attached hydrogen (secondary N) is 1. The lowest BCUT2D eigenvalue weighted by atomic mass is 9.97. The van der Waals surface area contributed by atoms with Crippen LogP contribution >= 0.6 is 0 Å². The maximum absolute atomic E-state index is 11.2. The van der Waals surface area contributed by atoms with Crippen molar-refractivity contribution in [2.45, 2.75) is 44.4 Å². The van der Waals surface area contributed by atoms with Crippen molar-refractivity contribution in [2.75, 3.05) is 0 Å². The van der Waals surface area contributed by atoms with E-state index >= 15 is 0 Å². The normalized spacial score (nSPS) is 19.5. The predicted molar refractivity (Wildman–Crippen MR) is 56.5 cm³/mol. The van der Waals surface area contributed by atoms with Gasteiger partial charge in [0.05, 0.1) is 0 Å². The largest absolute Gasteiger partial charge is 0.292 e. The molecule has 1 N–H and O–H groups in total. The fraction of sp³-hybridized carbons (Fsp3) is 0.727. The number of hydrogen-bond donors (Lipinski definition) is 1. The minimum absolute atomic E-state index is 0.0340. The second-order valence-corrected chi connectivity index (χ2v) is 4.29. The van der Waals surface area contributed by atoms with Crippen LogP contribution in [-0.4, -0.2) is 9.78 Å². The van der Waals surface area contributed by atoms with Crippen LogP contribution in [0.5, 0.6) is 0 Å². The quantitative estimate of drug-likeness (QED) is 0.683. The summed E-state index contributed by atoms with van der Waals surface area (Å²) in [4.78, 5) is 11.2. The van der Waals surface area contributed by atoms with Crippen molar-refractivity contribution in [1.29, 1.82) is 0 Å². The molecule has 1 aromatic heterocycles. The molecule has 78 valence electrons. The molecule has 0 amide bonds. The van der Waals surface area contributed by atoms with E-state index in [1.807, 2.05) is 11.7 Å². The van der Waals surface area contributed by atoms with Gasteiger partial charge in [0.15, 0.2) is 0 Å². The van der Waals surface area contributed by atoms with Gasteiger partial charge in [-0.25, -0.2) is 0 Å². The van der Waals surface area contributed by atoms with E-state index in [4.69, 9.17) is 0 Å². The summed E-state index contributed by atoms with van der Waals surface area (Å²) >= 11 is 0. The zero-order valence-corrected chi connectivity index (χ0v) is 8.75. The average Bonchev–Trinajstić information content (AvgIpc) is 2.43. The average molecular weight is 194 g/mol. The summed E-state index contributed by atoms with van der Waals surface area (Å²) in [6.45, 7) is 0. The van der Waals surface area contributed by atoms with E-state index in [9.17, 15) is 4.79 Å². The van der Waals surface area contributed by atoms with E-state index in [1.165, 1.54) is 44.2 Å². The van der Waals surface area contributed by atoms with E-state index in [-0.39, 0.29) is 5.56 Å². The van der Waals surface area contributed by atoms with E-state index in [2.05, 4.69) is 5.10 Å². The Morgan fingerprint density at radius 1 is 1.29 bits per heavy atom. The van der Waals surface area contributed by atoms with Crippen LogP contribution in [0.2, 0.25) is 0 Å². The van der Waals surface area contributed by atoms with Crippen LogP contribution in [0.3, 0.4) is 0 Å². The lowest BCUT2D eigenvalue weighted by Gasteiger charge is -2.13. The number of rotatable bonds is 1. The van der Waals surface area contributed by atoms with Crippen molar-refractivity contribution in [3.8, 4) is 0 Å². The Kier molecular flexibility index (Phi) is 2.75. The molecule has 2 rings (SSSR count). The molecule has 1 heterocycles. The number of H-pyrrole nitrogens is 1. The van der Waals surface area contributed by atoms with Crippen molar-refractivity contribution in [1.82, 2.24) is 9.78 Å². The topological polar surface area (TPSA) is 37.8 Å². The first kappa shape index (κ1) is 9.56. The molecule has 0 radical (unpaired) electrons. The van der Waals surface area contributed by atoms with Gasteiger partial charge in [0.25, 0.3) is 5.56 Å². The van der Waals surface area contributed by atoms with E-state index < -0.39 is 0 Å². The van der Waals surface area contributed by atoms with Crippen LogP contribution in [-0.2, 0) is 7.05 Å². The summed E-state index contributed by atoms with van der Waals surface area (Å²) in [5.74, 6) is 0.599. The van der Waals surface area contributed by atoms with Gasteiger partial charge in [-0.05, 0) is 12.8 Å². The molecule has 0 aromatic carbocycles. The van der Waals surface area contributed by atoms with Crippen molar-refractivity contribution >= 4 is 0 Å². The van der Waals surface area contributed by atoms with Gasteiger partial charge in [0, 0.05) is 24.7 Å². The van der Waals surface area contributed by atoms with E-state index in [0.29, 0.717) is 5.92 Å². The van der Waals surface area contributed by atoms with Crippen LogP contribution in [0.25, 0.3) is 0 Å². The first-order valence-corrected chi connectivity index (χ1v) is 5.53. The van der Waals surface area contributed by atoms with Gasteiger partial charge in [-0.15, -0.1) is 0 Å². The van der Waals surface area contributed by atoms with Gasteiger partial charge in [-0.1, -0.05) is 25.7 Å². The van der Waals surface area contributed by atoms with Gasteiger partial charge in [-0.2, -0.15) is 0 Å². The van der Waals surface area contributed by atoms with Gasteiger partial charge in [0.1, 0.15) is 0 Å². The highest BCUT2D eigenvalue weighted by Crippen LogP contribution is 2.30. The third-order valence-electron chi connectivity index (χ3n) is 3.22. The number of aromatic amines is 1. The summed E-state index contributed by atoms with van der Waals surface area (Å²) in [6, 6.07) is 1.76. The molecule has 14 heavy (non-hydrogen) atoms. The Morgan fingerprint density at radius 3 is 2.43 bits per heavy atom. The van der Waals surface area contributed by atoms with Crippen LogP contribution < -0.4 is 5.56 Å². The van der Waals surface area contributed by atoms with E-state index in [0.717, 1.165) is 0 Å². The monoisotopic (exact) mass is 194 g/mol. The molecule has 3 nitrogen and oxygen atoms in total. The second-order valence-electron chi connectivity index (χ2n) is 4.29. The Balaban J connectivity index is 2.20. The van der Waals surface area contributed by atoms with Crippen LogP contribution in [0.4, 0.5) is 0 Å². The summed E-state index contributed by atoms with van der Waals surface area (Å²) < 4.78 is 1.89. The molecular weight excluding hydrogens is 176 g/mol. The minimum atomic E-state index is 0.0340. The number of nitrogens with zero attached hydrogens (tertiary/aromatic N) is 1. The molecule has 0 saturated heterocycles. The van der Waals surface area contributed by atoms with E-state index in [1.54, 1.807) is 6.07 Å². The Hall–Kier alpha value is -0.990. The summed E-state index contributed by atoms with van der Waals surface area (Å²) in [7, 11) is 1.93. The number of aromatic nitrogens is 2. The Bertz CT molecular complexity index is 342. The van der Waals surface area contributed by atoms with Crippen LogP contribution in [0, 0.1) is 0 Å². The van der Waals surface area contributed by atoms with Crippen molar-refractivity contribution in [3.63, 3.8) is 0 Å². The van der Waals surface area contributed by atoms with Crippen LogP contribution in [0.15, 0.2) is 10.9 Å². The third-order valence-corrected chi connectivity index (χ3v) is 3.22. The zero-order valence-electron chi connectivity index (χ0n) is 8.75. The molecular formula is C11H18N2O. The molecule has 0 atom stereocenters. The Labute approximate surface area is 84.1 Å². The molecule has 1 aliphatic rings. The number of aryl methyl sites for hydroxylation is 1. The van der Waals surface area contributed by atoms with Gasteiger partial charge in [-0.3, -0.25) is 14.6 Å². The second kappa shape index (κ2) is 4.03. The first-order valence-electron chi connectivity index (χ1n) is 5.53. The lowest BCUT2D eigenvalue weighted by molar-refractivity contribution is 0.541. The fourth-order valence-corrected chi connectivity index (χ4v) is 2.46. The summed E-state index contributed by atoms with van der Waals surface area (Å²) in [5, 5.41) is 2.79. The highest BCUT2D eigenvalue weighted by Gasteiger charge is 2.17. The first-order chi connectivity index (χ1) is 6.77. The number of hydrogen-bond acceptors (Lipinski definition) is 1. The van der Waals surface area contributed by atoms with Crippen LogP contribution in [0.1, 0.15) is 50.1 Å². The molecule has 0 aliphatic heterocycles. The lowest BCUT2D eigenvalue weighted by Crippen LogP contribution is -2.05. The summed E-state index contributed by atoms with van der Waals surface area (Å²) in [6.07, 6.45) is 7.81. The predicted octanol–water partition coefficient (Wildman–Crippen LogP) is 2.15. The highest BCUT2D eigenvalue weighted by atomic mass is 16.1. The maximum atomic E-state index is 11.2. The molecule has 1 aromatic rings. The van der Waals surface area contributed by atoms with Crippen molar-refractivity contribution < 1.29 is 0 Å². The SMILES string of the molecule is Cn1[nH]c(=O)cc1C1CCCCCC1. The van der Waals surface area contributed by atoms with Crippen molar-refractivity contribution in [2.24, 2.45) is 7.05 Å². The highest BCUT2D eigenvalue weighted by molar-refractivity contribution is 5.08. The molecule has 0 spiro atoms. The van der Waals surface area contributed by atoms with Gasteiger partial charge >= 0.3 is 0 Å². The smallest absolute Gasteiger partial charge is 0.264 e. The third kappa shape index (κ3) is 1.91. The molecule has 0 bridgehead atoms. The molecule has 1 fully saturated rings. The van der Waals surface area contributed by atoms with Gasteiger partial charge in [0.2, 0.25) is 0 Å². The fourth-order valence-electron chi connectivity index (χ4n) is 2.46. The molecule has 0 unspecified atom stereocenters. The standard InChI is InChI=1S/C11H18N2O/c1-13-10(8-11(14)12-13)9-6-4-2-3-5-7-9/h8-9H,2-7H2,1H3,(H,12,14). The van der Waals surface area contributed by atoms with Gasteiger partial charge < -0.3 is 0 Å². The molecule has 3 heteroatoms. The zero-order chi connectivity index (χ0) is 9.97. The maximum Gasteiger partial charge on any atom is 0.264 e. The Morgan fingerprint density at radius 2 is 1.93 bits per heavy atom.